The van der Waals surface area contributed by atoms with Crippen LogP contribution in [0, 0.1) is 0 Å². The van der Waals surface area contributed by atoms with E-state index >= 15 is 0 Å². The molecule has 2 N–H and O–H groups in total. The molecule has 23 heavy (non-hydrogen) atoms. The van der Waals surface area contributed by atoms with E-state index < -0.39 is 0 Å². The minimum Gasteiger partial charge on any atom is -0.330 e. The summed E-state index contributed by atoms with van der Waals surface area (Å²) >= 11 is 0. The zero-order valence-corrected chi connectivity index (χ0v) is 13.0. The molecule has 1 aliphatic rings. The molecule has 1 aromatic heterocycles. The molecule has 0 radical (unpaired) electrons. The van der Waals surface area contributed by atoms with E-state index in [1.807, 2.05) is 24.3 Å². The SMILES string of the molecule is NCC1CCC(c2ccccc2)n2nc(-c3ccccc3)nc21. The molecule has 0 saturated carbocycles. The molecule has 0 aliphatic carbocycles. The van der Waals surface area contributed by atoms with Gasteiger partial charge in [0.05, 0.1) is 6.04 Å². The van der Waals surface area contributed by atoms with Crippen LogP contribution >= 0.6 is 0 Å². The van der Waals surface area contributed by atoms with Crippen molar-refractivity contribution in [3.63, 3.8) is 0 Å². The second kappa shape index (κ2) is 5.97. The van der Waals surface area contributed by atoms with Crippen LogP contribution in [0.5, 0.6) is 0 Å². The van der Waals surface area contributed by atoms with Crippen molar-refractivity contribution < 1.29 is 0 Å². The number of rotatable bonds is 3. The molecule has 0 fully saturated rings. The van der Waals surface area contributed by atoms with E-state index in [0.717, 1.165) is 30.1 Å². The van der Waals surface area contributed by atoms with Crippen molar-refractivity contribution >= 4 is 0 Å². The van der Waals surface area contributed by atoms with Crippen LogP contribution < -0.4 is 5.73 Å². The van der Waals surface area contributed by atoms with E-state index in [1.54, 1.807) is 0 Å². The van der Waals surface area contributed by atoms with Crippen molar-refractivity contribution in [3.8, 4) is 11.4 Å². The van der Waals surface area contributed by atoms with Crippen LogP contribution in [0.2, 0.25) is 0 Å². The summed E-state index contributed by atoms with van der Waals surface area (Å²) in [6, 6.07) is 20.9. The molecule has 0 bridgehead atoms. The van der Waals surface area contributed by atoms with Gasteiger partial charge >= 0.3 is 0 Å². The zero-order chi connectivity index (χ0) is 15.6. The Kier molecular flexibility index (Phi) is 3.67. The Morgan fingerprint density at radius 1 is 0.957 bits per heavy atom. The van der Waals surface area contributed by atoms with Crippen LogP contribution in [-0.4, -0.2) is 21.3 Å². The Bertz CT molecular complexity index is 780. The van der Waals surface area contributed by atoms with Crippen LogP contribution in [0.4, 0.5) is 0 Å². The highest BCUT2D eigenvalue weighted by molar-refractivity contribution is 5.54. The van der Waals surface area contributed by atoms with Gasteiger partial charge in [0.15, 0.2) is 5.82 Å². The smallest absolute Gasteiger partial charge is 0.181 e. The molecule has 4 nitrogen and oxygen atoms in total. The Labute approximate surface area is 136 Å². The van der Waals surface area contributed by atoms with Gasteiger partial charge in [-0.3, -0.25) is 0 Å². The second-order valence-corrected chi connectivity index (χ2v) is 6.04. The van der Waals surface area contributed by atoms with Gasteiger partial charge in [-0.25, -0.2) is 9.67 Å². The third kappa shape index (κ3) is 2.55. The maximum absolute atomic E-state index is 5.97. The van der Waals surface area contributed by atoms with Crippen LogP contribution in [0.3, 0.4) is 0 Å². The summed E-state index contributed by atoms with van der Waals surface area (Å²) in [7, 11) is 0. The largest absolute Gasteiger partial charge is 0.330 e. The predicted molar refractivity (Wildman–Crippen MR) is 91.1 cm³/mol. The van der Waals surface area contributed by atoms with Crippen molar-refractivity contribution in [1.82, 2.24) is 14.8 Å². The van der Waals surface area contributed by atoms with Crippen LogP contribution in [0.1, 0.15) is 36.2 Å². The maximum atomic E-state index is 5.97. The first kappa shape index (κ1) is 14.2. The number of aromatic nitrogens is 3. The van der Waals surface area contributed by atoms with Gasteiger partial charge in [0.25, 0.3) is 0 Å². The lowest BCUT2D eigenvalue weighted by Crippen LogP contribution is -2.27. The minimum absolute atomic E-state index is 0.249. The Morgan fingerprint density at radius 3 is 2.35 bits per heavy atom. The summed E-state index contributed by atoms with van der Waals surface area (Å²) < 4.78 is 2.10. The van der Waals surface area contributed by atoms with E-state index in [1.165, 1.54) is 5.56 Å². The van der Waals surface area contributed by atoms with Crippen LogP contribution in [0.15, 0.2) is 60.7 Å². The maximum Gasteiger partial charge on any atom is 0.181 e. The lowest BCUT2D eigenvalue weighted by Gasteiger charge is -2.28. The van der Waals surface area contributed by atoms with Crippen molar-refractivity contribution in [1.29, 1.82) is 0 Å². The topological polar surface area (TPSA) is 56.7 Å². The van der Waals surface area contributed by atoms with Gasteiger partial charge in [0.1, 0.15) is 5.82 Å². The normalized spacial score (nSPS) is 20.2. The first-order valence-electron chi connectivity index (χ1n) is 8.13. The number of hydrogen-bond donors (Lipinski definition) is 1. The first-order valence-corrected chi connectivity index (χ1v) is 8.13. The van der Waals surface area contributed by atoms with Gasteiger partial charge in [-0.05, 0) is 18.4 Å². The number of fused-ring (bicyclic) bond motifs is 1. The summed E-state index contributed by atoms with van der Waals surface area (Å²) in [5, 5.41) is 4.83. The van der Waals surface area contributed by atoms with Crippen LogP contribution in [0.25, 0.3) is 11.4 Å². The van der Waals surface area contributed by atoms with Crippen LogP contribution in [-0.2, 0) is 0 Å². The lowest BCUT2D eigenvalue weighted by atomic mass is 9.91. The molecule has 0 saturated heterocycles. The summed E-state index contributed by atoms with van der Waals surface area (Å²) in [6.45, 7) is 0.619. The highest BCUT2D eigenvalue weighted by Gasteiger charge is 2.30. The molecule has 2 heterocycles. The second-order valence-electron chi connectivity index (χ2n) is 6.04. The standard InChI is InChI=1S/C19H20N4/c20-13-16-11-12-17(14-7-3-1-4-8-14)23-19(16)21-18(22-23)15-9-5-2-6-10-15/h1-10,16-17H,11-13,20H2. The molecular weight excluding hydrogens is 284 g/mol. The average molecular weight is 304 g/mol. The average Bonchev–Trinajstić information content (AvgIpc) is 3.08. The molecule has 2 unspecified atom stereocenters. The van der Waals surface area contributed by atoms with Crippen molar-refractivity contribution in [2.75, 3.05) is 6.54 Å². The third-order valence-electron chi connectivity index (χ3n) is 4.61. The first-order chi connectivity index (χ1) is 11.4. The van der Waals surface area contributed by atoms with Crippen molar-refractivity contribution in [2.24, 2.45) is 5.73 Å². The fourth-order valence-electron chi connectivity index (χ4n) is 3.37. The summed E-state index contributed by atoms with van der Waals surface area (Å²) in [5.74, 6) is 2.10. The number of hydrogen-bond acceptors (Lipinski definition) is 3. The van der Waals surface area contributed by atoms with Gasteiger partial charge in [-0.1, -0.05) is 60.7 Å². The molecule has 0 amide bonds. The zero-order valence-electron chi connectivity index (χ0n) is 13.0. The van der Waals surface area contributed by atoms with Gasteiger partial charge in [-0.2, -0.15) is 5.10 Å². The van der Waals surface area contributed by atoms with E-state index in [9.17, 15) is 0 Å². The van der Waals surface area contributed by atoms with Crippen molar-refractivity contribution in [2.45, 2.75) is 24.8 Å². The molecule has 1 aliphatic heterocycles. The Hall–Kier alpha value is -2.46. The lowest BCUT2D eigenvalue weighted by molar-refractivity contribution is 0.368. The number of nitrogens with two attached hydrogens (primary N) is 1. The van der Waals surface area contributed by atoms with E-state index in [2.05, 4.69) is 41.1 Å². The van der Waals surface area contributed by atoms with Gasteiger partial charge in [-0.15, -0.1) is 0 Å². The summed E-state index contributed by atoms with van der Waals surface area (Å²) in [4.78, 5) is 4.82. The molecule has 116 valence electrons. The van der Waals surface area contributed by atoms with E-state index in [4.69, 9.17) is 15.8 Å². The molecule has 4 rings (SSSR count). The van der Waals surface area contributed by atoms with Gasteiger partial charge in [0.2, 0.25) is 0 Å². The third-order valence-corrected chi connectivity index (χ3v) is 4.61. The number of benzene rings is 2. The summed E-state index contributed by atoms with van der Waals surface area (Å²) in [6.07, 6.45) is 2.11. The van der Waals surface area contributed by atoms with E-state index in [0.29, 0.717) is 12.5 Å². The highest BCUT2D eigenvalue weighted by atomic mass is 15.4. The summed E-state index contributed by atoms with van der Waals surface area (Å²) in [5.41, 5.74) is 8.31. The fourth-order valence-corrected chi connectivity index (χ4v) is 3.37. The monoisotopic (exact) mass is 304 g/mol. The Balaban J connectivity index is 1.80. The molecule has 2 aromatic carbocycles. The highest BCUT2D eigenvalue weighted by Crippen LogP contribution is 2.36. The van der Waals surface area contributed by atoms with E-state index in [-0.39, 0.29) is 6.04 Å². The molecule has 4 heteroatoms. The van der Waals surface area contributed by atoms with Gasteiger partial charge < -0.3 is 5.73 Å². The molecule has 3 aromatic rings. The predicted octanol–water partition coefficient (Wildman–Crippen LogP) is 3.37. The number of nitrogens with zero attached hydrogens (tertiary/aromatic N) is 3. The molecule has 2 atom stereocenters. The minimum atomic E-state index is 0.249. The van der Waals surface area contributed by atoms with Crippen molar-refractivity contribution in [3.05, 3.63) is 72.1 Å². The Morgan fingerprint density at radius 2 is 1.65 bits per heavy atom. The van der Waals surface area contributed by atoms with Gasteiger partial charge in [0, 0.05) is 18.0 Å². The fraction of sp³-hybridized carbons (Fsp3) is 0.263. The molecule has 0 spiro atoms. The molecular formula is C19H20N4. The quantitative estimate of drug-likeness (QED) is 0.807.